The number of nitriles is 1. The van der Waals surface area contributed by atoms with Gasteiger partial charge in [-0.25, -0.2) is 0 Å². The lowest BCUT2D eigenvalue weighted by Gasteiger charge is -2.01. The highest BCUT2D eigenvalue weighted by Crippen LogP contribution is 2.25. The Morgan fingerprint density at radius 3 is 2.63 bits per heavy atom. The number of furan rings is 2. The van der Waals surface area contributed by atoms with E-state index in [2.05, 4.69) is 5.32 Å². The topological polar surface area (TPSA) is 122 Å². The Balaban J connectivity index is 1.72. The van der Waals surface area contributed by atoms with Crippen LogP contribution in [-0.2, 0) is 11.3 Å². The molecule has 2 aromatic heterocycles. The molecule has 0 atom stereocenters. The number of nitrogens with zero attached hydrogens (tertiary/aromatic N) is 2. The van der Waals surface area contributed by atoms with E-state index in [0.717, 1.165) is 0 Å². The lowest BCUT2D eigenvalue weighted by molar-refractivity contribution is -0.384. The molecule has 3 aromatic rings. The molecule has 0 aliphatic rings. The van der Waals surface area contributed by atoms with Gasteiger partial charge in [-0.05, 0) is 36.4 Å². The van der Waals surface area contributed by atoms with Gasteiger partial charge in [0.15, 0.2) is 0 Å². The summed E-state index contributed by atoms with van der Waals surface area (Å²) in [6.45, 7) is 0.164. The molecule has 8 nitrogen and oxygen atoms in total. The zero-order valence-electron chi connectivity index (χ0n) is 13.9. The van der Waals surface area contributed by atoms with Gasteiger partial charge in [0.2, 0.25) is 0 Å². The van der Waals surface area contributed by atoms with Gasteiger partial charge in [-0.15, -0.1) is 0 Å². The number of nitrogens with one attached hydrogen (secondary N) is 1. The van der Waals surface area contributed by atoms with Crippen LogP contribution >= 0.6 is 0 Å². The largest absolute Gasteiger partial charge is 0.467 e. The number of hydrogen-bond donors (Lipinski definition) is 1. The van der Waals surface area contributed by atoms with Crippen LogP contribution in [0.15, 0.2) is 69.2 Å². The molecule has 0 aliphatic heterocycles. The predicted octanol–water partition coefficient (Wildman–Crippen LogP) is 3.67. The first-order valence-electron chi connectivity index (χ1n) is 7.84. The molecular formula is C19H13N3O5. The molecule has 0 fully saturated rings. The van der Waals surface area contributed by atoms with Crippen LogP contribution in [0.5, 0.6) is 0 Å². The van der Waals surface area contributed by atoms with Crippen molar-refractivity contribution in [3.63, 3.8) is 0 Å². The minimum absolute atomic E-state index is 0.0228. The third kappa shape index (κ3) is 4.29. The van der Waals surface area contributed by atoms with E-state index in [0.29, 0.717) is 22.8 Å². The van der Waals surface area contributed by atoms with Crippen molar-refractivity contribution in [1.82, 2.24) is 5.32 Å². The molecule has 0 spiro atoms. The fourth-order valence-electron chi connectivity index (χ4n) is 2.30. The third-order valence-corrected chi connectivity index (χ3v) is 3.64. The average Bonchev–Trinajstić information content (AvgIpc) is 3.36. The number of rotatable bonds is 6. The number of nitro groups is 1. The Labute approximate surface area is 153 Å². The fraction of sp³-hybridized carbons (Fsp3) is 0.0526. The summed E-state index contributed by atoms with van der Waals surface area (Å²) in [6, 6.07) is 14.4. The molecule has 0 saturated carbocycles. The van der Waals surface area contributed by atoms with Crippen molar-refractivity contribution in [3.05, 3.63) is 82.0 Å². The number of carbonyl (C=O) groups excluding carboxylic acids is 1. The maximum atomic E-state index is 12.1. The average molecular weight is 363 g/mol. The number of carbonyl (C=O) groups is 1. The lowest BCUT2D eigenvalue weighted by Crippen LogP contribution is -2.23. The van der Waals surface area contributed by atoms with E-state index in [1.165, 1.54) is 24.5 Å². The van der Waals surface area contributed by atoms with Gasteiger partial charge in [0.25, 0.3) is 11.6 Å². The number of non-ortho nitro benzene ring substituents is 1. The van der Waals surface area contributed by atoms with Crippen LogP contribution in [0, 0.1) is 21.4 Å². The zero-order chi connectivity index (χ0) is 19.2. The van der Waals surface area contributed by atoms with E-state index in [4.69, 9.17) is 8.83 Å². The molecule has 0 aliphatic carbocycles. The van der Waals surface area contributed by atoms with E-state index >= 15 is 0 Å². The molecule has 2 heterocycles. The Morgan fingerprint density at radius 1 is 1.22 bits per heavy atom. The van der Waals surface area contributed by atoms with Gasteiger partial charge in [0.1, 0.15) is 28.9 Å². The van der Waals surface area contributed by atoms with Crippen LogP contribution in [-0.4, -0.2) is 10.8 Å². The van der Waals surface area contributed by atoms with E-state index in [-0.39, 0.29) is 17.8 Å². The number of hydrogen-bond acceptors (Lipinski definition) is 6. The standard InChI is InChI=1S/C19H13N3O5/c20-11-14(19(23)21-12-17-2-1-9-26-17)10-16-7-8-18(27-16)13-3-5-15(6-4-13)22(24)25/h1-10H,12H2,(H,21,23). The third-order valence-electron chi connectivity index (χ3n) is 3.64. The minimum atomic E-state index is -0.554. The van der Waals surface area contributed by atoms with Crippen LogP contribution in [0.4, 0.5) is 5.69 Å². The van der Waals surface area contributed by atoms with E-state index in [9.17, 15) is 20.2 Å². The second kappa shape index (κ2) is 7.84. The SMILES string of the molecule is N#CC(=Cc1ccc(-c2ccc([N+](=O)[O-])cc2)o1)C(=O)NCc1ccco1. The van der Waals surface area contributed by atoms with Gasteiger partial charge >= 0.3 is 0 Å². The van der Waals surface area contributed by atoms with Gasteiger partial charge in [0.05, 0.1) is 17.7 Å². The van der Waals surface area contributed by atoms with Crippen LogP contribution in [0.2, 0.25) is 0 Å². The molecule has 0 bridgehead atoms. The molecule has 0 unspecified atom stereocenters. The van der Waals surface area contributed by atoms with Crippen LogP contribution in [0.25, 0.3) is 17.4 Å². The molecule has 8 heteroatoms. The predicted molar refractivity (Wildman–Crippen MR) is 94.9 cm³/mol. The molecular weight excluding hydrogens is 350 g/mol. The highest BCUT2D eigenvalue weighted by Gasteiger charge is 2.12. The molecule has 0 radical (unpaired) electrons. The van der Waals surface area contributed by atoms with Gasteiger partial charge < -0.3 is 14.2 Å². The summed E-state index contributed by atoms with van der Waals surface area (Å²) in [4.78, 5) is 22.3. The Bertz CT molecular complexity index is 1020. The highest BCUT2D eigenvalue weighted by atomic mass is 16.6. The van der Waals surface area contributed by atoms with Crippen molar-refractivity contribution in [3.8, 4) is 17.4 Å². The minimum Gasteiger partial charge on any atom is -0.467 e. The summed E-state index contributed by atoms with van der Waals surface area (Å²) in [7, 11) is 0. The van der Waals surface area contributed by atoms with Crippen molar-refractivity contribution in [1.29, 1.82) is 5.26 Å². The quantitative estimate of drug-likeness (QED) is 0.308. The highest BCUT2D eigenvalue weighted by molar-refractivity contribution is 6.01. The summed E-state index contributed by atoms with van der Waals surface area (Å²) >= 11 is 0. The maximum Gasteiger partial charge on any atom is 0.269 e. The number of amides is 1. The molecule has 3 rings (SSSR count). The molecule has 0 saturated heterocycles. The molecule has 27 heavy (non-hydrogen) atoms. The monoisotopic (exact) mass is 363 g/mol. The van der Waals surface area contributed by atoms with Crippen LogP contribution < -0.4 is 5.32 Å². The summed E-state index contributed by atoms with van der Waals surface area (Å²) < 4.78 is 10.7. The van der Waals surface area contributed by atoms with Crippen molar-refractivity contribution in [2.45, 2.75) is 6.54 Å². The second-order valence-electron chi connectivity index (χ2n) is 5.44. The lowest BCUT2D eigenvalue weighted by atomic mass is 10.1. The molecule has 1 N–H and O–H groups in total. The van der Waals surface area contributed by atoms with E-state index < -0.39 is 10.8 Å². The Morgan fingerprint density at radius 2 is 2.00 bits per heavy atom. The Kier molecular flexibility index (Phi) is 5.14. The number of benzene rings is 1. The summed E-state index contributed by atoms with van der Waals surface area (Å²) in [5, 5.41) is 22.5. The zero-order valence-corrected chi connectivity index (χ0v) is 13.9. The first kappa shape index (κ1) is 17.7. The molecule has 134 valence electrons. The van der Waals surface area contributed by atoms with Crippen LogP contribution in [0.1, 0.15) is 11.5 Å². The summed E-state index contributed by atoms with van der Waals surface area (Å²) in [6.07, 6.45) is 2.82. The molecule has 1 aromatic carbocycles. The first-order valence-corrected chi connectivity index (χ1v) is 7.84. The molecule has 1 amide bonds. The van der Waals surface area contributed by atoms with Crippen LogP contribution in [0.3, 0.4) is 0 Å². The smallest absolute Gasteiger partial charge is 0.269 e. The van der Waals surface area contributed by atoms with E-state index in [1.807, 2.05) is 6.07 Å². The van der Waals surface area contributed by atoms with Gasteiger partial charge in [0, 0.05) is 23.8 Å². The van der Waals surface area contributed by atoms with Gasteiger partial charge in [-0.2, -0.15) is 5.26 Å². The van der Waals surface area contributed by atoms with Crippen molar-refractivity contribution in [2.24, 2.45) is 0 Å². The van der Waals surface area contributed by atoms with Crippen molar-refractivity contribution >= 4 is 17.7 Å². The van der Waals surface area contributed by atoms with Crippen molar-refractivity contribution < 1.29 is 18.6 Å². The first-order chi connectivity index (χ1) is 13.1. The second-order valence-corrected chi connectivity index (χ2v) is 5.44. The summed E-state index contributed by atoms with van der Waals surface area (Å²) in [5.74, 6) is 0.791. The maximum absolute atomic E-state index is 12.1. The normalized spacial score (nSPS) is 11.0. The Hall–Kier alpha value is -4.12. The number of nitro benzene ring substituents is 1. The van der Waals surface area contributed by atoms with E-state index in [1.54, 1.807) is 36.4 Å². The summed E-state index contributed by atoms with van der Waals surface area (Å²) in [5.41, 5.74) is 0.498. The van der Waals surface area contributed by atoms with Gasteiger partial charge in [-0.3, -0.25) is 14.9 Å². The van der Waals surface area contributed by atoms with Gasteiger partial charge in [-0.1, -0.05) is 0 Å². The van der Waals surface area contributed by atoms with Crippen molar-refractivity contribution in [2.75, 3.05) is 0 Å². The fourth-order valence-corrected chi connectivity index (χ4v) is 2.30.